The molecule has 1 aliphatic rings. The number of anilines is 2. The largest absolute Gasteiger partial charge is 0.493 e. The lowest BCUT2D eigenvalue weighted by Crippen LogP contribution is -2.39. The molecule has 27 heavy (non-hydrogen) atoms. The lowest BCUT2D eigenvalue weighted by molar-refractivity contribution is 0.0398. The first-order valence-electron chi connectivity index (χ1n) is 9.10. The van der Waals surface area contributed by atoms with Gasteiger partial charge in [0, 0.05) is 38.9 Å². The molecule has 0 spiro atoms. The summed E-state index contributed by atoms with van der Waals surface area (Å²) in [5, 5.41) is 6.60. The number of rotatable bonds is 9. The molecule has 1 aromatic heterocycles. The van der Waals surface area contributed by atoms with Crippen molar-refractivity contribution in [1.82, 2.24) is 14.9 Å². The van der Waals surface area contributed by atoms with E-state index in [-0.39, 0.29) is 0 Å². The van der Waals surface area contributed by atoms with Gasteiger partial charge in [-0.25, -0.2) is 4.98 Å². The van der Waals surface area contributed by atoms with Crippen molar-refractivity contribution < 1.29 is 14.2 Å². The van der Waals surface area contributed by atoms with Crippen LogP contribution in [0, 0.1) is 0 Å². The van der Waals surface area contributed by atoms with E-state index in [1.54, 1.807) is 20.4 Å². The molecule has 0 atom stereocenters. The van der Waals surface area contributed by atoms with Crippen LogP contribution in [0.5, 0.6) is 11.5 Å². The SMILES string of the molecule is COc1ccc(CNc2nccc(NCCN3CCOCC3)n2)cc1OC. The molecule has 0 bridgehead atoms. The van der Waals surface area contributed by atoms with E-state index in [0.717, 1.165) is 50.8 Å². The van der Waals surface area contributed by atoms with Crippen LogP contribution in [0.15, 0.2) is 30.5 Å². The fourth-order valence-electron chi connectivity index (χ4n) is 2.88. The van der Waals surface area contributed by atoms with E-state index in [1.807, 2.05) is 24.3 Å². The molecule has 0 radical (unpaired) electrons. The Bertz CT molecular complexity index is 722. The molecule has 8 nitrogen and oxygen atoms in total. The zero-order valence-corrected chi connectivity index (χ0v) is 15.9. The molecule has 1 aromatic carbocycles. The van der Waals surface area contributed by atoms with E-state index >= 15 is 0 Å². The van der Waals surface area contributed by atoms with Gasteiger partial charge in [0.05, 0.1) is 27.4 Å². The molecule has 1 saturated heterocycles. The average Bonchev–Trinajstić information content (AvgIpc) is 2.73. The second-order valence-corrected chi connectivity index (χ2v) is 6.19. The summed E-state index contributed by atoms with van der Waals surface area (Å²) in [7, 11) is 3.26. The third kappa shape index (κ3) is 5.70. The molecule has 0 unspecified atom stereocenters. The number of hydrogen-bond acceptors (Lipinski definition) is 8. The highest BCUT2D eigenvalue weighted by Crippen LogP contribution is 2.27. The number of benzene rings is 1. The molecule has 0 saturated carbocycles. The van der Waals surface area contributed by atoms with Crippen LogP contribution in [-0.4, -0.2) is 68.5 Å². The molecular weight excluding hydrogens is 346 g/mol. The predicted octanol–water partition coefficient (Wildman–Crippen LogP) is 1.85. The monoisotopic (exact) mass is 373 g/mol. The summed E-state index contributed by atoms with van der Waals surface area (Å²) in [6.45, 7) is 6.02. The molecule has 1 fully saturated rings. The molecule has 0 amide bonds. The number of morpholine rings is 1. The standard InChI is InChI=1S/C19H27N5O3/c1-25-16-4-3-15(13-17(16)26-2)14-22-19-21-6-5-18(23-19)20-7-8-24-9-11-27-12-10-24/h3-6,13H,7-12,14H2,1-2H3,(H2,20,21,22,23). The average molecular weight is 373 g/mol. The Balaban J connectivity index is 1.50. The first-order chi connectivity index (χ1) is 13.3. The van der Waals surface area contributed by atoms with Gasteiger partial charge in [-0.3, -0.25) is 4.90 Å². The third-order valence-corrected chi connectivity index (χ3v) is 4.39. The maximum atomic E-state index is 5.37. The summed E-state index contributed by atoms with van der Waals surface area (Å²) in [5.74, 6) is 2.81. The Morgan fingerprint density at radius 1 is 1.07 bits per heavy atom. The minimum atomic E-state index is 0.584. The minimum absolute atomic E-state index is 0.584. The van der Waals surface area contributed by atoms with E-state index in [1.165, 1.54) is 0 Å². The highest BCUT2D eigenvalue weighted by Gasteiger charge is 2.09. The molecule has 1 aliphatic heterocycles. The van der Waals surface area contributed by atoms with Crippen molar-refractivity contribution in [2.45, 2.75) is 6.54 Å². The summed E-state index contributed by atoms with van der Waals surface area (Å²) in [4.78, 5) is 11.2. The number of nitrogens with one attached hydrogen (secondary N) is 2. The van der Waals surface area contributed by atoms with Crippen LogP contribution in [0.3, 0.4) is 0 Å². The Kier molecular flexibility index (Phi) is 7.06. The van der Waals surface area contributed by atoms with Gasteiger partial charge in [-0.2, -0.15) is 4.98 Å². The van der Waals surface area contributed by atoms with Crippen molar-refractivity contribution in [2.75, 3.05) is 64.2 Å². The predicted molar refractivity (Wildman–Crippen MR) is 105 cm³/mol. The molecule has 146 valence electrons. The molecule has 2 heterocycles. The van der Waals surface area contributed by atoms with Crippen LogP contribution in [0.4, 0.5) is 11.8 Å². The van der Waals surface area contributed by atoms with Gasteiger partial charge in [-0.15, -0.1) is 0 Å². The Morgan fingerprint density at radius 3 is 2.67 bits per heavy atom. The second kappa shape index (κ2) is 9.94. The van der Waals surface area contributed by atoms with E-state index < -0.39 is 0 Å². The summed E-state index contributed by atoms with van der Waals surface area (Å²) in [6, 6.07) is 7.69. The van der Waals surface area contributed by atoms with Gasteiger partial charge < -0.3 is 24.8 Å². The van der Waals surface area contributed by atoms with E-state index in [0.29, 0.717) is 24.0 Å². The van der Waals surface area contributed by atoms with Crippen LogP contribution < -0.4 is 20.1 Å². The van der Waals surface area contributed by atoms with Crippen LogP contribution in [0.2, 0.25) is 0 Å². The maximum absolute atomic E-state index is 5.37. The van der Waals surface area contributed by atoms with Crippen LogP contribution in [-0.2, 0) is 11.3 Å². The van der Waals surface area contributed by atoms with Gasteiger partial charge in [0.25, 0.3) is 0 Å². The van der Waals surface area contributed by atoms with Gasteiger partial charge in [0.1, 0.15) is 5.82 Å². The lowest BCUT2D eigenvalue weighted by Gasteiger charge is -2.26. The minimum Gasteiger partial charge on any atom is -0.493 e. The Labute approximate surface area is 159 Å². The fraction of sp³-hybridized carbons (Fsp3) is 0.474. The summed E-state index contributed by atoms with van der Waals surface area (Å²) in [6.07, 6.45) is 1.75. The van der Waals surface area contributed by atoms with Crippen LogP contribution >= 0.6 is 0 Å². The van der Waals surface area contributed by atoms with Crippen molar-refractivity contribution >= 4 is 11.8 Å². The van der Waals surface area contributed by atoms with Crippen molar-refractivity contribution in [3.8, 4) is 11.5 Å². The molecule has 2 N–H and O–H groups in total. The van der Waals surface area contributed by atoms with E-state index in [9.17, 15) is 0 Å². The second-order valence-electron chi connectivity index (χ2n) is 6.19. The summed E-state index contributed by atoms with van der Waals surface area (Å²) in [5.41, 5.74) is 1.06. The summed E-state index contributed by atoms with van der Waals surface area (Å²) >= 11 is 0. The van der Waals surface area contributed by atoms with Crippen LogP contribution in [0.1, 0.15) is 5.56 Å². The van der Waals surface area contributed by atoms with Gasteiger partial charge >= 0.3 is 0 Å². The van der Waals surface area contributed by atoms with E-state index in [2.05, 4.69) is 25.5 Å². The number of aromatic nitrogens is 2. The van der Waals surface area contributed by atoms with Crippen molar-refractivity contribution in [2.24, 2.45) is 0 Å². The van der Waals surface area contributed by atoms with Gasteiger partial charge in [0.15, 0.2) is 11.5 Å². The van der Waals surface area contributed by atoms with Crippen molar-refractivity contribution in [3.05, 3.63) is 36.0 Å². The zero-order valence-electron chi connectivity index (χ0n) is 15.9. The first kappa shape index (κ1) is 19.2. The van der Waals surface area contributed by atoms with Gasteiger partial charge in [0.2, 0.25) is 5.95 Å². The molecule has 3 rings (SSSR count). The fourth-order valence-corrected chi connectivity index (χ4v) is 2.88. The number of hydrogen-bond donors (Lipinski definition) is 2. The molecule has 2 aromatic rings. The Hall–Kier alpha value is -2.58. The third-order valence-electron chi connectivity index (χ3n) is 4.39. The Morgan fingerprint density at radius 2 is 1.89 bits per heavy atom. The van der Waals surface area contributed by atoms with Crippen LogP contribution in [0.25, 0.3) is 0 Å². The topological polar surface area (TPSA) is 80.8 Å². The normalized spacial score (nSPS) is 14.6. The first-order valence-corrected chi connectivity index (χ1v) is 9.10. The maximum Gasteiger partial charge on any atom is 0.224 e. The highest BCUT2D eigenvalue weighted by atomic mass is 16.5. The number of methoxy groups -OCH3 is 2. The van der Waals surface area contributed by atoms with Gasteiger partial charge in [-0.05, 0) is 23.8 Å². The quantitative estimate of drug-likeness (QED) is 0.689. The molecular formula is C19H27N5O3. The van der Waals surface area contributed by atoms with Crippen molar-refractivity contribution in [3.63, 3.8) is 0 Å². The number of ether oxygens (including phenoxy) is 3. The van der Waals surface area contributed by atoms with E-state index in [4.69, 9.17) is 14.2 Å². The smallest absolute Gasteiger partial charge is 0.224 e. The van der Waals surface area contributed by atoms with Gasteiger partial charge in [-0.1, -0.05) is 6.07 Å². The highest BCUT2D eigenvalue weighted by molar-refractivity contribution is 5.44. The van der Waals surface area contributed by atoms with Crippen molar-refractivity contribution in [1.29, 1.82) is 0 Å². The zero-order chi connectivity index (χ0) is 18.9. The summed E-state index contributed by atoms with van der Waals surface area (Å²) < 4.78 is 16.0. The molecule has 8 heteroatoms. The lowest BCUT2D eigenvalue weighted by atomic mass is 10.2. The molecule has 0 aliphatic carbocycles. The number of nitrogens with zero attached hydrogens (tertiary/aromatic N) is 3.